The van der Waals surface area contributed by atoms with E-state index in [2.05, 4.69) is 5.32 Å². The van der Waals surface area contributed by atoms with E-state index in [1.54, 1.807) is 11.0 Å². The van der Waals surface area contributed by atoms with E-state index < -0.39 is 33.8 Å². The molecule has 0 aliphatic carbocycles. The fraction of sp³-hybridized carbons (Fsp3) is 0.500. The van der Waals surface area contributed by atoms with Crippen molar-refractivity contribution in [3.05, 3.63) is 35.6 Å². The summed E-state index contributed by atoms with van der Waals surface area (Å²) in [6.45, 7) is 1.03. The van der Waals surface area contributed by atoms with Crippen LogP contribution in [0.2, 0.25) is 0 Å². The van der Waals surface area contributed by atoms with E-state index in [1.165, 1.54) is 22.5 Å². The summed E-state index contributed by atoms with van der Waals surface area (Å²) in [5.74, 6) is -1.09. The number of halogens is 1. The molecule has 3 rings (SSSR count). The van der Waals surface area contributed by atoms with Crippen molar-refractivity contribution in [2.24, 2.45) is 0 Å². The van der Waals surface area contributed by atoms with E-state index >= 15 is 0 Å². The number of imide groups is 1. The molecule has 0 saturated carbocycles. The quantitative estimate of drug-likeness (QED) is 0.651. The Morgan fingerprint density at radius 2 is 1.90 bits per heavy atom. The third kappa shape index (κ3) is 5.10. The van der Waals surface area contributed by atoms with Gasteiger partial charge in [0.05, 0.1) is 12.8 Å². The monoisotopic (exact) mass is 426 g/mol. The molecule has 1 atom stereocenters. The standard InChI is InChI=1S/C18H23FN4O5S/c1-29(27,28)22-9-7-21(8-10-22)16(24)6-5-15-17(25)23(18(26)20-15)12-13-3-2-4-14(19)11-13/h2-4,11,15H,5-10,12H2,1H3,(H,20,26). The number of piperazine rings is 1. The van der Waals surface area contributed by atoms with E-state index in [0.717, 1.165) is 11.2 Å². The third-order valence-electron chi connectivity index (χ3n) is 5.04. The Hall–Kier alpha value is -2.53. The third-order valence-corrected chi connectivity index (χ3v) is 6.35. The van der Waals surface area contributed by atoms with Gasteiger partial charge in [0.1, 0.15) is 11.9 Å². The van der Waals surface area contributed by atoms with Crippen LogP contribution in [0.3, 0.4) is 0 Å². The Labute approximate surface area is 168 Å². The highest BCUT2D eigenvalue weighted by Gasteiger charge is 2.38. The summed E-state index contributed by atoms with van der Waals surface area (Å²) in [5, 5.41) is 2.56. The molecule has 0 bridgehead atoms. The Bertz CT molecular complexity index is 915. The summed E-state index contributed by atoms with van der Waals surface area (Å²) in [4.78, 5) is 39.6. The molecular formula is C18H23FN4O5S. The van der Waals surface area contributed by atoms with Crippen molar-refractivity contribution in [2.45, 2.75) is 25.4 Å². The van der Waals surface area contributed by atoms with Crippen LogP contribution in [0.25, 0.3) is 0 Å². The molecule has 4 amide bonds. The molecule has 2 aliphatic heterocycles. The first-order valence-corrected chi connectivity index (χ1v) is 11.1. The molecule has 11 heteroatoms. The van der Waals surface area contributed by atoms with Crippen LogP contribution >= 0.6 is 0 Å². The molecule has 9 nitrogen and oxygen atoms in total. The first kappa shape index (κ1) is 21.2. The Balaban J connectivity index is 1.50. The van der Waals surface area contributed by atoms with Gasteiger partial charge in [0.2, 0.25) is 15.9 Å². The van der Waals surface area contributed by atoms with Crippen LogP contribution in [-0.4, -0.2) is 78.8 Å². The predicted molar refractivity (Wildman–Crippen MR) is 102 cm³/mol. The second-order valence-corrected chi connectivity index (χ2v) is 9.12. The molecule has 158 valence electrons. The summed E-state index contributed by atoms with van der Waals surface area (Å²) in [6.07, 6.45) is 1.34. The van der Waals surface area contributed by atoms with Gasteiger partial charge < -0.3 is 10.2 Å². The zero-order chi connectivity index (χ0) is 21.2. The zero-order valence-corrected chi connectivity index (χ0v) is 16.8. The molecule has 0 radical (unpaired) electrons. The van der Waals surface area contributed by atoms with E-state index in [1.807, 2.05) is 0 Å². The number of carbonyl (C=O) groups excluding carboxylic acids is 3. The molecule has 1 N–H and O–H groups in total. The van der Waals surface area contributed by atoms with Crippen molar-refractivity contribution < 1.29 is 27.2 Å². The Morgan fingerprint density at radius 1 is 1.21 bits per heavy atom. The molecule has 1 aromatic carbocycles. The lowest BCUT2D eigenvalue weighted by atomic mass is 10.1. The largest absolute Gasteiger partial charge is 0.340 e. The van der Waals surface area contributed by atoms with Gasteiger partial charge >= 0.3 is 6.03 Å². The average molecular weight is 426 g/mol. The molecule has 2 fully saturated rings. The summed E-state index contributed by atoms with van der Waals surface area (Å²) in [6, 6.07) is 4.28. The topological polar surface area (TPSA) is 107 Å². The number of sulfonamides is 1. The molecule has 0 spiro atoms. The van der Waals surface area contributed by atoms with Crippen LogP contribution in [-0.2, 0) is 26.2 Å². The van der Waals surface area contributed by atoms with Crippen molar-refractivity contribution >= 4 is 27.9 Å². The summed E-state index contributed by atoms with van der Waals surface area (Å²) in [5.41, 5.74) is 0.494. The second kappa shape index (κ2) is 8.46. The second-order valence-electron chi connectivity index (χ2n) is 7.14. The van der Waals surface area contributed by atoms with Gasteiger partial charge in [0.25, 0.3) is 5.91 Å². The van der Waals surface area contributed by atoms with Crippen molar-refractivity contribution in [3.63, 3.8) is 0 Å². The SMILES string of the molecule is CS(=O)(=O)N1CCN(C(=O)CCC2NC(=O)N(Cc3cccc(F)c3)C2=O)CC1. The minimum atomic E-state index is -3.27. The fourth-order valence-corrected chi connectivity index (χ4v) is 4.26. The number of urea groups is 1. The first-order chi connectivity index (χ1) is 13.6. The van der Waals surface area contributed by atoms with Gasteiger partial charge in [-0.3, -0.25) is 14.5 Å². The number of amides is 4. The van der Waals surface area contributed by atoms with Crippen molar-refractivity contribution in [2.75, 3.05) is 32.4 Å². The maximum absolute atomic E-state index is 13.3. The zero-order valence-electron chi connectivity index (χ0n) is 16.0. The van der Waals surface area contributed by atoms with Gasteiger partial charge in [-0.1, -0.05) is 12.1 Å². The number of hydrogen-bond donors (Lipinski definition) is 1. The predicted octanol–water partition coefficient (Wildman–Crippen LogP) is 0.130. The number of nitrogens with one attached hydrogen (secondary N) is 1. The lowest BCUT2D eigenvalue weighted by Crippen LogP contribution is -2.50. The van der Waals surface area contributed by atoms with Crippen LogP contribution in [0.4, 0.5) is 9.18 Å². The molecule has 1 unspecified atom stereocenters. The van der Waals surface area contributed by atoms with Crippen LogP contribution < -0.4 is 5.32 Å². The van der Waals surface area contributed by atoms with Crippen LogP contribution in [0, 0.1) is 5.82 Å². The van der Waals surface area contributed by atoms with Gasteiger partial charge in [0.15, 0.2) is 0 Å². The van der Waals surface area contributed by atoms with Crippen molar-refractivity contribution in [1.29, 1.82) is 0 Å². The molecule has 2 aliphatic rings. The number of rotatable bonds is 6. The molecular weight excluding hydrogens is 403 g/mol. The smallest absolute Gasteiger partial charge is 0.325 e. The fourth-order valence-electron chi connectivity index (χ4n) is 3.44. The molecule has 2 heterocycles. The van der Waals surface area contributed by atoms with Gasteiger partial charge in [-0.15, -0.1) is 0 Å². The Morgan fingerprint density at radius 3 is 2.52 bits per heavy atom. The van der Waals surface area contributed by atoms with Crippen LogP contribution in [0.1, 0.15) is 18.4 Å². The van der Waals surface area contributed by atoms with Crippen molar-refractivity contribution in [3.8, 4) is 0 Å². The average Bonchev–Trinajstić information content (AvgIpc) is 2.93. The van der Waals surface area contributed by atoms with E-state index in [9.17, 15) is 27.2 Å². The summed E-state index contributed by atoms with van der Waals surface area (Å²) in [7, 11) is -3.27. The van der Waals surface area contributed by atoms with Crippen molar-refractivity contribution in [1.82, 2.24) is 19.4 Å². The number of hydrogen-bond acceptors (Lipinski definition) is 5. The van der Waals surface area contributed by atoms with E-state index in [-0.39, 0.29) is 38.4 Å². The highest BCUT2D eigenvalue weighted by atomic mass is 32.2. The Kier molecular flexibility index (Phi) is 6.18. The minimum absolute atomic E-state index is 0.0413. The maximum Gasteiger partial charge on any atom is 0.325 e. The van der Waals surface area contributed by atoms with Gasteiger partial charge in [0, 0.05) is 32.6 Å². The van der Waals surface area contributed by atoms with Gasteiger partial charge in [-0.05, 0) is 24.1 Å². The highest BCUT2D eigenvalue weighted by Crippen LogP contribution is 2.17. The van der Waals surface area contributed by atoms with E-state index in [4.69, 9.17) is 0 Å². The van der Waals surface area contributed by atoms with Crippen LogP contribution in [0.5, 0.6) is 0 Å². The highest BCUT2D eigenvalue weighted by molar-refractivity contribution is 7.88. The first-order valence-electron chi connectivity index (χ1n) is 9.24. The number of carbonyl (C=O) groups is 3. The molecule has 2 saturated heterocycles. The van der Waals surface area contributed by atoms with Gasteiger partial charge in [-0.25, -0.2) is 17.6 Å². The van der Waals surface area contributed by atoms with E-state index in [0.29, 0.717) is 18.7 Å². The number of nitrogens with zero attached hydrogens (tertiary/aromatic N) is 3. The molecule has 29 heavy (non-hydrogen) atoms. The maximum atomic E-state index is 13.3. The minimum Gasteiger partial charge on any atom is -0.340 e. The van der Waals surface area contributed by atoms with Crippen LogP contribution in [0.15, 0.2) is 24.3 Å². The molecule has 0 aromatic heterocycles. The normalized spacial score (nSPS) is 20.8. The lowest BCUT2D eigenvalue weighted by Gasteiger charge is -2.33. The number of benzene rings is 1. The molecule has 1 aromatic rings. The summed E-state index contributed by atoms with van der Waals surface area (Å²) >= 11 is 0. The summed E-state index contributed by atoms with van der Waals surface area (Å²) < 4.78 is 37.7. The van der Waals surface area contributed by atoms with Gasteiger partial charge in [-0.2, -0.15) is 4.31 Å². The lowest BCUT2D eigenvalue weighted by molar-refractivity contribution is -0.133.